The molecule has 1 aromatic heterocycles. The van der Waals surface area contributed by atoms with Gasteiger partial charge in [-0.2, -0.15) is 0 Å². The van der Waals surface area contributed by atoms with Gasteiger partial charge in [0.15, 0.2) is 0 Å². The molecule has 134 valence electrons. The molecule has 0 saturated carbocycles. The highest BCUT2D eigenvalue weighted by Crippen LogP contribution is 2.34. The van der Waals surface area contributed by atoms with Gasteiger partial charge in [0.2, 0.25) is 0 Å². The minimum Gasteiger partial charge on any atom is -0.381 e. The lowest BCUT2D eigenvalue weighted by Crippen LogP contribution is -2.41. The van der Waals surface area contributed by atoms with Gasteiger partial charge in [0.25, 0.3) is 0 Å². The molecule has 0 amide bonds. The van der Waals surface area contributed by atoms with Crippen LogP contribution in [-0.2, 0) is 11.3 Å². The lowest BCUT2D eigenvalue weighted by molar-refractivity contribution is 0.0582. The van der Waals surface area contributed by atoms with Gasteiger partial charge in [-0.25, -0.2) is 0 Å². The van der Waals surface area contributed by atoms with E-state index >= 15 is 0 Å². The van der Waals surface area contributed by atoms with Gasteiger partial charge in [0.05, 0.1) is 6.61 Å². The average molecular weight is 339 g/mol. The second kappa shape index (κ2) is 8.45. The third-order valence-electron chi connectivity index (χ3n) is 5.03. The van der Waals surface area contributed by atoms with Crippen molar-refractivity contribution < 1.29 is 4.74 Å². The van der Waals surface area contributed by atoms with Crippen LogP contribution in [0.5, 0.6) is 0 Å². The Bertz CT molecular complexity index is 634. The van der Waals surface area contributed by atoms with Crippen LogP contribution in [0.1, 0.15) is 18.9 Å². The summed E-state index contributed by atoms with van der Waals surface area (Å²) in [6.45, 7) is 7.85. The predicted octanol–water partition coefficient (Wildman–Crippen LogP) is 3.45. The normalized spacial score (nSPS) is 20.7. The smallest absolute Gasteiger partial charge is 0.0552 e. The van der Waals surface area contributed by atoms with Gasteiger partial charge >= 0.3 is 0 Å². The molecule has 0 bridgehead atoms. The molecule has 4 heteroatoms. The van der Waals surface area contributed by atoms with Crippen LogP contribution in [0.3, 0.4) is 0 Å². The second-order valence-electron chi connectivity index (χ2n) is 7.15. The molecule has 1 unspecified atom stereocenters. The van der Waals surface area contributed by atoms with E-state index in [-0.39, 0.29) is 5.41 Å². The molecule has 0 radical (unpaired) electrons. The van der Waals surface area contributed by atoms with Crippen molar-refractivity contribution in [3.05, 3.63) is 60.4 Å². The number of para-hydroxylation sites is 1. The molecule has 2 aromatic rings. The Balaban J connectivity index is 1.67. The lowest BCUT2D eigenvalue weighted by atomic mass is 9.87. The van der Waals surface area contributed by atoms with Crippen LogP contribution in [-0.4, -0.2) is 49.8 Å². The molecular formula is C21H29N3O. The fraction of sp³-hybridized carbons (Fsp3) is 0.476. The molecule has 0 spiro atoms. The number of hydrogen-bond donors (Lipinski definition) is 0. The lowest BCUT2D eigenvalue weighted by Gasteiger charge is -2.34. The number of aromatic nitrogens is 1. The zero-order valence-electron chi connectivity index (χ0n) is 15.4. The quantitative estimate of drug-likeness (QED) is 0.736. The van der Waals surface area contributed by atoms with Crippen molar-refractivity contribution in [2.75, 3.05) is 44.8 Å². The molecule has 25 heavy (non-hydrogen) atoms. The molecule has 1 saturated heterocycles. The van der Waals surface area contributed by atoms with E-state index in [0.717, 1.165) is 39.4 Å². The molecule has 1 atom stereocenters. The van der Waals surface area contributed by atoms with Crippen LogP contribution in [0.15, 0.2) is 54.9 Å². The van der Waals surface area contributed by atoms with Crippen LogP contribution in [0.2, 0.25) is 0 Å². The van der Waals surface area contributed by atoms with Gasteiger partial charge in [-0.05, 0) is 43.7 Å². The van der Waals surface area contributed by atoms with E-state index in [2.05, 4.69) is 65.2 Å². The van der Waals surface area contributed by atoms with Gasteiger partial charge in [-0.1, -0.05) is 24.3 Å². The molecule has 0 N–H and O–H groups in total. The first kappa shape index (κ1) is 17.9. The monoisotopic (exact) mass is 339 g/mol. The van der Waals surface area contributed by atoms with Crippen molar-refractivity contribution in [1.82, 2.24) is 9.88 Å². The highest BCUT2D eigenvalue weighted by Gasteiger charge is 2.39. The summed E-state index contributed by atoms with van der Waals surface area (Å²) in [5.41, 5.74) is 2.73. The molecule has 3 rings (SSSR count). The Morgan fingerprint density at radius 2 is 2.04 bits per heavy atom. The Hall–Kier alpha value is -1.91. The molecule has 1 aromatic carbocycles. The largest absolute Gasteiger partial charge is 0.381 e. The summed E-state index contributed by atoms with van der Waals surface area (Å²) in [6, 6.07) is 14.8. The summed E-state index contributed by atoms with van der Waals surface area (Å²) in [4.78, 5) is 9.15. The van der Waals surface area contributed by atoms with Crippen LogP contribution in [0.4, 0.5) is 5.69 Å². The minimum atomic E-state index is 0.183. The van der Waals surface area contributed by atoms with E-state index in [1.54, 1.807) is 0 Å². The van der Waals surface area contributed by atoms with E-state index in [0.29, 0.717) is 0 Å². The Labute approximate surface area is 151 Å². The van der Waals surface area contributed by atoms with Gasteiger partial charge in [0.1, 0.15) is 0 Å². The van der Waals surface area contributed by atoms with Gasteiger partial charge in [-0.3, -0.25) is 9.88 Å². The van der Waals surface area contributed by atoms with Crippen molar-refractivity contribution in [3.8, 4) is 0 Å². The SMILES string of the molecule is CCOCC1(CN(C)c2ccccc2)CCN(Cc2cccnc2)C1. The number of ether oxygens (including phenoxy) is 1. The fourth-order valence-electron chi connectivity index (χ4n) is 3.80. The van der Waals surface area contributed by atoms with Crippen molar-refractivity contribution in [2.24, 2.45) is 5.41 Å². The topological polar surface area (TPSA) is 28.6 Å². The number of likely N-dealkylation sites (tertiary alicyclic amines) is 1. The van der Waals surface area contributed by atoms with Crippen LogP contribution in [0.25, 0.3) is 0 Å². The number of rotatable bonds is 8. The van der Waals surface area contributed by atoms with Crippen molar-refractivity contribution in [1.29, 1.82) is 0 Å². The van der Waals surface area contributed by atoms with E-state index in [1.165, 1.54) is 17.7 Å². The Kier molecular flexibility index (Phi) is 6.05. The fourth-order valence-corrected chi connectivity index (χ4v) is 3.80. The van der Waals surface area contributed by atoms with Crippen LogP contribution in [0, 0.1) is 5.41 Å². The highest BCUT2D eigenvalue weighted by molar-refractivity contribution is 5.45. The molecule has 2 heterocycles. The van der Waals surface area contributed by atoms with E-state index in [1.807, 2.05) is 18.5 Å². The third kappa shape index (κ3) is 4.80. The second-order valence-corrected chi connectivity index (χ2v) is 7.15. The zero-order chi connectivity index (χ0) is 17.5. The first-order chi connectivity index (χ1) is 12.2. The molecule has 4 nitrogen and oxygen atoms in total. The highest BCUT2D eigenvalue weighted by atomic mass is 16.5. The zero-order valence-corrected chi connectivity index (χ0v) is 15.4. The van der Waals surface area contributed by atoms with E-state index in [9.17, 15) is 0 Å². The summed E-state index contributed by atoms with van der Waals surface area (Å²) in [7, 11) is 2.19. The van der Waals surface area contributed by atoms with E-state index in [4.69, 9.17) is 4.74 Å². The Morgan fingerprint density at radius 3 is 2.76 bits per heavy atom. The minimum absolute atomic E-state index is 0.183. The molecule has 1 fully saturated rings. The number of anilines is 1. The molecule has 1 aliphatic heterocycles. The van der Waals surface area contributed by atoms with Gasteiger partial charge in [0, 0.05) is 56.8 Å². The van der Waals surface area contributed by atoms with Gasteiger partial charge < -0.3 is 9.64 Å². The average Bonchev–Trinajstić information content (AvgIpc) is 3.04. The summed E-state index contributed by atoms with van der Waals surface area (Å²) in [5.74, 6) is 0. The van der Waals surface area contributed by atoms with E-state index < -0.39 is 0 Å². The van der Waals surface area contributed by atoms with Crippen LogP contribution >= 0.6 is 0 Å². The van der Waals surface area contributed by atoms with Crippen molar-refractivity contribution >= 4 is 5.69 Å². The summed E-state index contributed by atoms with van der Waals surface area (Å²) < 4.78 is 5.89. The van der Waals surface area contributed by atoms with Crippen molar-refractivity contribution in [2.45, 2.75) is 19.9 Å². The maximum atomic E-state index is 5.89. The number of benzene rings is 1. The summed E-state index contributed by atoms with van der Waals surface area (Å²) >= 11 is 0. The first-order valence-corrected chi connectivity index (χ1v) is 9.16. The number of pyridine rings is 1. The Morgan fingerprint density at radius 1 is 1.20 bits per heavy atom. The summed E-state index contributed by atoms with van der Waals surface area (Å²) in [6.07, 6.45) is 4.98. The molecule has 1 aliphatic rings. The van der Waals surface area contributed by atoms with Gasteiger partial charge in [-0.15, -0.1) is 0 Å². The molecular weight excluding hydrogens is 310 g/mol. The third-order valence-corrected chi connectivity index (χ3v) is 5.03. The standard InChI is InChI=1S/C21H29N3O/c1-3-25-18-21(16-23(2)20-9-5-4-6-10-20)11-13-24(17-21)15-19-8-7-12-22-14-19/h4-10,12,14H,3,11,13,15-18H2,1-2H3. The number of hydrogen-bond acceptors (Lipinski definition) is 4. The first-order valence-electron chi connectivity index (χ1n) is 9.16. The van der Waals surface area contributed by atoms with Crippen LogP contribution < -0.4 is 4.90 Å². The maximum absolute atomic E-state index is 5.89. The number of nitrogens with zero attached hydrogens (tertiary/aromatic N) is 3. The predicted molar refractivity (Wildman–Crippen MR) is 103 cm³/mol. The maximum Gasteiger partial charge on any atom is 0.0552 e. The summed E-state index contributed by atoms with van der Waals surface area (Å²) in [5, 5.41) is 0. The molecule has 0 aliphatic carbocycles. The van der Waals surface area contributed by atoms with Crippen molar-refractivity contribution in [3.63, 3.8) is 0 Å².